The molecule has 0 saturated carbocycles. The van der Waals surface area contributed by atoms with Crippen LogP contribution in [0.4, 0.5) is 4.39 Å². The van der Waals surface area contributed by atoms with Crippen molar-refractivity contribution in [3.05, 3.63) is 93.4 Å². The minimum Gasteiger partial charge on any atom is -0.341 e. The Morgan fingerprint density at radius 2 is 1.58 bits per heavy atom. The Kier molecular flexibility index (Phi) is 7.78. The van der Waals surface area contributed by atoms with E-state index in [1.165, 1.54) is 28.1 Å². The quantitative estimate of drug-likeness (QED) is 0.495. The van der Waals surface area contributed by atoms with E-state index >= 15 is 0 Å². The van der Waals surface area contributed by atoms with Gasteiger partial charge in [-0.25, -0.2) is 4.39 Å². The van der Waals surface area contributed by atoms with Crippen LogP contribution < -0.4 is 0 Å². The normalized spacial score (nSPS) is 18.5. The van der Waals surface area contributed by atoms with Crippen LogP contribution in [0.5, 0.6) is 0 Å². The lowest BCUT2D eigenvalue weighted by molar-refractivity contribution is -0.133. The molecule has 188 valence electrons. The van der Waals surface area contributed by atoms with Crippen LogP contribution in [0.1, 0.15) is 40.5 Å². The van der Waals surface area contributed by atoms with Crippen molar-refractivity contribution in [3.8, 4) is 0 Å². The Labute approximate surface area is 216 Å². The summed E-state index contributed by atoms with van der Waals surface area (Å²) in [6.45, 7) is 4.09. The van der Waals surface area contributed by atoms with Crippen LogP contribution >= 0.6 is 11.3 Å². The molecule has 36 heavy (non-hydrogen) atoms. The van der Waals surface area contributed by atoms with Gasteiger partial charge in [0.1, 0.15) is 5.82 Å². The fraction of sp³-hybridized carbons (Fsp3) is 0.379. The van der Waals surface area contributed by atoms with Gasteiger partial charge in [-0.05, 0) is 53.1 Å². The zero-order valence-corrected chi connectivity index (χ0v) is 21.3. The number of fused-ring (bicyclic) bond motifs is 1. The standard InChI is InChI=1S/C29H32FN3O2S/c30-24-9-7-22(8-10-24)21-28(35)32-15-4-14-31(18-19-32)27(34)12-17-33-16-11-26-25(13-20-36-26)29(33)23-5-2-1-3-6-23/h1-3,5-10,13,20,29H,4,11-12,14-19,21H2. The first-order valence-electron chi connectivity index (χ1n) is 12.7. The van der Waals surface area contributed by atoms with E-state index in [1.807, 2.05) is 27.2 Å². The maximum absolute atomic E-state index is 13.2. The molecule has 5 rings (SSSR count). The molecule has 3 aromatic rings. The third kappa shape index (κ3) is 5.68. The van der Waals surface area contributed by atoms with Gasteiger partial charge in [-0.3, -0.25) is 14.5 Å². The van der Waals surface area contributed by atoms with Crippen molar-refractivity contribution in [2.24, 2.45) is 0 Å². The summed E-state index contributed by atoms with van der Waals surface area (Å²) in [5.74, 6) is -0.113. The van der Waals surface area contributed by atoms with E-state index in [4.69, 9.17) is 0 Å². The summed E-state index contributed by atoms with van der Waals surface area (Å²) in [4.78, 5) is 33.6. The van der Waals surface area contributed by atoms with Crippen LogP contribution in [0.3, 0.4) is 0 Å². The van der Waals surface area contributed by atoms with E-state index in [-0.39, 0.29) is 30.1 Å². The van der Waals surface area contributed by atoms with Gasteiger partial charge >= 0.3 is 0 Å². The largest absolute Gasteiger partial charge is 0.341 e. The summed E-state index contributed by atoms with van der Waals surface area (Å²) < 4.78 is 13.2. The summed E-state index contributed by atoms with van der Waals surface area (Å²) in [7, 11) is 0. The van der Waals surface area contributed by atoms with Gasteiger partial charge in [0.2, 0.25) is 11.8 Å². The molecule has 7 heteroatoms. The molecule has 1 aromatic heterocycles. The van der Waals surface area contributed by atoms with Crippen LogP contribution in [-0.2, 0) is 22.4 Å². The topological polar surface area (TPSA) is 43.9 Å². The highest BCUT2D eigenvalue weighted by Crippen LogP contribution is 2.37. The van der Waals surface area contributed by atoms with Crippen molar-refractivity contribution in [2.45, 2.75) is 31.7 Å². The highest BCUT2D eigenvalue weighted by Gasteiger charge is 2.30. The van der Waals surface area contributed by atoms with Crippen molar-refractivity contribution in [3.63, 3.8) is 0 Å². The van der Waals surface area contributed by atoms with Crippen LogP contribution in [0.15, 0.2) is 66.0 Å². The number of carbonyl (C=O) groups excluding carboxylic acids is 2. The van der Waals surface area contributed by atoms with E-state index in [0.717, 1.165) is 31.5 Å². The maximum atomic E-state index is 13.2. The molecule has 0 radical (unpaired) electrons. The summed E-state index contributed by atoms with van der Waals surface area (Å²) >= 11 is 1.83. The van der Waals surface area contributed by atoms with Gasteiger partial charge in [-0.15, -0.1) is 11.3 Å². The Hall–Kier alpha value is -3.03. The average molecular weight is 506 g/mol. The lowest BCUT2D eigenvalue weighted by atomic mass is 9.93. The molecular formula is C29H32FN3O2S. The average Bonchev–Trinajstić information content (AvgIpc) is 3.24. The predicted octanol–water partition coefficient (Wildman–Crippen LogP) is 4.53. The molecule has 1 atom stereocenters. The monoisotopic (exact) mass is 505 g/mol. The fourth-order valence-corrected chi connectivity index (χ4v) is 6.24. The van der Waals surface area contributed by atoms with Crippen molar-refractivity contribution >= 4 is 23.2 Å². The first kappa shape index (κ1) is 24.7. The molecule has 2 aliphatic rings. The van der Waals surface area contributed by atoms with Gasteiger partial charge in [0, 0.05) is 50.6 Å². The molecule has 1 fully saturated rings. The minimum absolute atomic E-state index is 0.0292. The second-order valence-electron chi connectivity index (χ2n) is 9.57. The molecular weight excluding hydrogens is 473 g/mol. The molecule has 0 N–H and O–H groups in total. The maximum Gasteiger partial charge on any atom is 0.227 e. The van der Waals surface area contributed by atoms with E-state index in [0.29, 0.717) is 32.6 Å². The van der Waals surface area contributed by atoms with Gasteiger partial charge in [0.25, 0.3) is 0 Å². The Morgan fingerprint density at radius 1 is 0.861 bits per heavy atom. The van der Waals surface area contributed by atoms with Gasteiger partial charge < -0.3 is 9.80 Å². The lowest BCUT2D eigenvalue weighted by Gasteiger charge is -2.36. The highest BCUT2D eigenvalue weighted by atomic mass is 32.1. The highest BCUT2D eigenvalue weighted by molar-refractivity contribution is 7.10. The molecule has 0 spiro atoms. The second kappa shape index (κ2) is 11.4. The van der Waals surface area contributed by atoms with Crippen molar-refractivity contribution in [2.75, 3.05) is 39.3 Å². The lowest BCUT2D eigenvalue weighted by Crippen LogP contribution is -2.41. The molecule has 5 nitrogen and oxygen atoms in total. The number of amides is 2. The Bertz CT molecular complexity index is 1180. The summed E-state index contributed by atoms with van der Waals surface area (Å²) in [6, 6.07) is 19.1. The van der Waals surface area contributed by atoms with Crippen molar-refractivity contribution < 1.29 is 14.0 Å². The zero-order chi connectivity index (χ0) is 24.9. The molecule has 0 aliphatic carbocycles. The predicted molar refractivity (Wildman–Crippen MR) is 140 cm³/mol. The second-order valence-corrected chi connectivity index (χ2v) is 10.6. The Morgan fingerprint density at radius 3 is 2.33 bits per heavy atom. The molecule has 2 aromatic carbocycles. The number of thiophene rings is 1. The molecule has 1 saturated heterocycles. The number of hydrogen-bond acceptors (Lipinski definition) is 4. The number of hydrogen-bond donors (Lipinski definition) is 0. The minimum atomic E-state index is -0.300. The molecule has 3 heterocycles. The van der Waals surface area contributed by atoms with Crippen LogP contribution in [0, 0.1) is 5.82 Å². The third-order valence-electron chi connectivity index (χ3n) is 7.26. The first-order chi connectivity index (χ1) is 17.6. The van der Waals surface area contributed by atoms with Crippen LogP contribution in [0.2, 0.25) is 0 Å². The van der Waals surface area contributed by atoms with Gasteiger partial charge in [-0.1, -0.05) is 42.5 Å². The van der Waals surface area contributed by atoms with Crippen molar-refractivity contribution in [1.82, 2.24) is 14.7 Å². The number of benzene rings is 2. The fourth-order valence-electron chi connectivity index (χ4n) is 5.34. The summed E-state index contributed by atoms with van der Waals surface area (Å²) in [5, 5.41) is 2.18. The van der Waals surface area contributed by atoms with Gasteiger partial charge in [0.15, 0.2) is 0 Å². The van der Waals surface area contributed by atoms with E-state index in [2.05, 4.69) is 40.6 Å². The first-order valence-corrected chi connectivity index (χ1v) is 13.6. The van der Waals surface area contributed by atoms with E-state index in [9.17, 15) is 14.0 Å². The number of halogens is 1. The zero-order valence-electron chi connectivity index (χ0n) is 20.4. The van der Waals surface area contributed by atoms with E-state index < -0.39 is 0 Å². The number of rotatable bonds is 6. The molecule has 0 bridgehead atoms. The molecule has 2 aliphatic heterocycles. The third-order valence-corrected chi connectivity index (χ3v) is 8.26. The SMILES string of the molecule is O=C(CCN1CCc2sccc2C1c1ccccc1)N1CCCN(C(=O)Cc2ccc(F)cc2)CC1. The summed E-state index contributed by atoms with van der Waals surface area (Å²) in [5.41, 5.74) is 3.45. The smallest absolute Gasteiger partial charge is 0.227 e. The van der Waals surface area contributed by atoms with Crippen LogP contribution in [0.25, 0.3) is 0 Å². The molecule has 1 unspecified atom stereocenters. The molecule has 2 amide bonds. The van der Waals surface area contributed by atoms with Crippen molar-refractivity contribution in [1.29, 1.82) is 0 Å². The Balaban J connectivity index is 1.17. The van der Waals surface area contributed by atoms with Gasteiger partial charge in [0.05, 0.1) is 12.5 Å². The number of nitrogens with zero attached hydrogens (tertiary/aromatic N) is 3. The number of carbonyl (C=O) groups is 2. The van der Waals surface area contributed by atoms with Gasteiger partial charge in [-0.2, -0.15) is 0 Å². The van der Waals surface area contributed by atoms with Crippen LogP contribution in [-0.4, -0.2) is 65.8 Å². The van der Waals surface area contributed by atoms with E-state index in [1.54, 1.807) is 12.1 Å². The summed E-state index contributed by atoms with van der Waals surface area (Å²) in [6.07, 6.45) is 2.54.